The van der Waals surface area contributed by atoms with Crippen molar-refractivity contribution in [1.82, 2.24) is 14.8 Å². The molecule has 0 saturated carbocycles. The van der Waals surface area contributed by atoms with Crippen LogP contribution >= 0.6 is 0 Å². The number of carbonyl (C=O) groups excluding carboxylic acids is 1. The molecular weight excluding hydrogens is 386 g/mol. The van der Waals surface area contributed by atoms with Crippen molar-refractivity contribution >= 4 is 5.91 Å². The molecule has 1 unspecified atom stereocenters. The van der Waals surface area contributed by atoms with E-state index in [2.05, 4.69) is 35.0 Å². The number of aromatic nitrogens is 1. The third-order valence-electron chi connectivity index (χ3n) is 6.33. The van der Waals surface area contributed by atoms with E-state index in [1.807, 2.05) is 53.4 Å². The van der Waals surface area contributed by atoms with Crippen LogP contribution in [0.2, 0.25) is 0 Å². The maximum absolute atomic E-state index is 13.3. The topological polar surface area (TPSA) is 45.7 Å². The van der Waals surface area contributed by atoms with Gasteiger partial charge in [-0.25, -0.2) is 0 Å². The molecule has 1 amide bonds. The second kappa shape index (κ2) is 8.16. The van der Waals surface area contributed by atoms with Crippen molar-refractivity contribution < 1.29 is 9.53 Å². The normalized spacial score (nSPS) is 20.6. The Morgan fingerprint density at radius 3 is 2.71 bits per heavy atom. The van der Waals surface area contributed by atoms with E-state index in [0.717, 1.165) is 43.2 Å². The fourth-order valence-corrected chi connectivity index (χ4v) is 4.68. The van der Waals surface area contributed by atoms with E-state index in [1.165, 1.54) is 11.1 Å². The molecule has 1 aromatic heterocycles. The molecule has 0 N–H and O–H groups in total. The Bertz CT molecular complexity index is 1060. The zero-order valence-electron chi connectivity index (χ0n) is 17.8. The van der Waals surface area contributed by atoms with Crippen molar-refractivity contribution in [2.75, 3.05) is 13.1 Å². The SMILES string of the molecule is CC1(C(=O)N2Cc3cccnc3C2)CCN(Cc2cccc(Oc3ccccc3)c2)C1. The zero-order valence-corrected chi connectivity index (χ0v) is 17.8. The summed E-state index contributed by atoms with van der Waals surface area (Å²) >= 11 is 0. The standard InChI is InChI=1S/C26H27N3O2/c1-26(25(30)29-17-21-8-6-13-27-24(21)18-29)12-14-28(19-26)16-20-7-5-11-23(15-20)31-22-9-3-2-4-10-22/h2-11,13,15H,12,14,16-19H2,1H3. The fourth-order valence-electron chi connectivity index (χ4n) is 4.68. The van der Waals surface area contributed by atoms with E-state index in [0.29, 0.717) is 13.1 Å². The summed E-state index contributed by atoms with van der Waals surface area (Å²) in [4.78, 5) is 22.1. The van der Waals surface area contributed by atoms with Gasteiger partial charge in [-0.05, 0) is 61.3 Å². The predicted octanol–water partition coefficient (Wildman–Crippen LogP) is 4.63. The summed E-state index contributed by atoms with van der Waals surface area (Å²) in [7, 11) is 0. The largest absolute Gasteiger partial charge is 0.457 e. The van der Waals surface area contributed by atoms with Crippen molar-refractivity contribution in [3.05, 3.63) is 89.7 Å². The number of likely N-dealkylation sites (tertiary alicyclic amines) is 1. The van der Waals surface area contributed by atoms with E-state index in [9.17, 15) is 4.79 Å². The lowest BCUT2D eigenvalue weighted by atomic mass is 9.88. The second-order valence-electron chi connectivity index (χ2n) is 8.85. The molecule has 0 spiro atoms. The summed E-state index contributed by atoms with van der Waals surface area (Å²) in [5.41, 5.74) is 3.05. The van der Waals surface area contributed by atoms with Gasteiger partial charge in [0.25, 0.3) is 0 Å². The van der Waals surface area contributed by atoms with Gasteiger partial charge in [0.05, 0.1) is 17.7 Å². The highest BCUT2D eigenvalue weighted by Gasteiger charge is 2.43. The number of nitrogens with zero attached hydrogens (tertiary/aromatic N) is 3. The van der Waals surface area contributed by atoms with Crippen LogP contribution in [-0.2, 0) is 24.4 Å². The van der Waals surface area contributed by atoms with Crippen LogP contribution < -0.4 is 4.74 Å². The summed E-state index contributed by atoms with van der Waals surface area (Å²) < 4.78 is 5.98. The van der Waals surface area contributed by atoms with Gasteiger partial charge >= 0.3 is 0 Å². The summed E-state index contributed by atoms with van der Waals surface area (Å²) in [6, 6.07) is 22.1. The molecule has 0 radical (unpaired) electrons. The number of rotatable bonds is 5. The molecule has 2 aromatic carbocycles. The lowest BCUT2D eigenvalue weighted by Crippen LogP contribution is -2.41. The first-order valence-electron chi connectivity index (χ1n) is 10.9. The van der Waals surface area contributed by atoms with Gasteiger partial charge < -0.3 is 9.64 Å². The molecule has 2 aliphatic rings. The van der Waals surface area contributed by atoms with E-state index in [1.54, 1.807) is 6.20 Å². The van der Waals surface area contributed by atoms with Crippen LogP contribution in [0.5, 0.6) is 11.5 Å². The molecule has 31 heavy (non-hydrogen) atoms. The van der Waals surface area contributed by atoms with Gasteiger partial charge in [-0.1, -0.05) is 36.4 Å². The fraction of sp³-hybridized carbons (Fsp3) is 0.308. The van der Waals surface area contributed by atoms with Gasteiger partial charge in [-0.15, -0.1) is 0 Å². The first-order chi connectivity index (χ1) is 15.1. The van der Waals surface area contributed by atoms with Crippen molar-refractivity contribution in [3.63, 3.8) is 0 Å². The first kappa shape index (κ1) is 19.8. The Kier molecular flexibility index (Phi) is 5.20. The molecule has 1 fully saturated rings. The van der Waals surface area contributed by atoms with Crippen molar-refractivity contribution in [2.45, 2.75) is 33.0 Å². The molecule has 5 heteroatoms. The average Bonchev–Trinajstić information content (AvgIpc) is 3.38. The number of ether oxygens (including phenoxy) is 1. The molecule has 0 bridgehead atoms. The number of hydrogen-bond donors (Lipinski definition) is 0. The Morgan fingerprint density at radius 2 is 1.87 bits per heavy atom. The summed E-state index contributed by atoms with van der Waals surface area (Å²) in [5.74, 6) is 1.92. The van der Waals surface area contributed by atoms with Crippen molar-refractivity contribution in [2.24, 2.45) is 5.41 Å². The Hall–Kier alpha value is -3.18. The minimum atomic E-state index is -0.347. The van der Waals surface area contributed by atoms with E-state index in [4.69, 9.17) is 4.74 Å². The predicted molar refractivity (Wildman–Crippen MR) is 119 cm³/mol. The highest BCUT2D eigenvalue weighted by molar-refractivity contribution is 5.83. The van der Waals surface area contributed by atoms with Gasteiger partial charge in [-0.3, -0.25) is 14.7 Å². The maximum atomic E-state index is 13.3. The van der Waals surface area contributed by atoms with Gasteiger partial charge in [0.15, 0.2) is 0 Å². The summed E-state index contributed by atoms with van der Waals surface area (Å²) in [6.45, 7) is 5.93. The van der Waals surface area contributed by atoms with Crippen LogP contribution in [0, 0.1) is 5.41 Å². The number of benzene rings is 2. The summed E-state index contributed by atoms with van der Waals surface area (Å²) in [5, 5.41) is 0. The minimum absolute atomic E-state index is 0.245. The number of para-hydroxylation sites is 1. The molecule has 5 rings (SSSR count). The second-order valence-corrected chi connectivity index (χ2v) is 8.85. The smallest absolute Gasteiger partial charge is 0.230 e. The van der Waals surface area contributed by atoms with Crippen LogP contribution in [0.3, 0.4) is 0 Å². The molecule has 5 nitrogen and oxygen atoms in total. The average molecular weight is 414 g/mol. The minimum Gasteiger partial charge on any atom is -0.457 e. The van der Waals surface area contributed by atoms with Crippen molar-refractivity contribution in [1.29, 1.82) is 0 Å². The number of carbonyl (C=O) groups is 1. The number of pyridine rings is 1. The molecule has 2 aliphatic heterocycles. The lowest BCUT2D eigenvalue weighted by Gasteiger charge is -2.29. The Balaban J connectivity index is 1.22. The Morgan fingerprint density at radius 1 is 1.03 bits per heavy atom. The van der Waals surface area contributed by atoms with E-state index < -0.39 is 0 Å². The van der Waals surface area contributed by atoms with Gasteiger partial charge in [0.2, 0.25) is 5.91 Å². The van der Waals surface area contributed by atoms with Gasteiger partial charge in [-0.2, -0.15) is 0 Å². The third-order valence-corrected chi connectivity index (χ3v) is 6.33. The maximum Gasteiger partial charge on any atom is 0.230 e. The molecular formula is C26H27N3O2. The molecule has 0 aliphatic carbocycles. The van der Waals surface area contributed by atoms with Crippen LogP contribution in [0.15, 0.2) is 72.9 Å². The molecule has 1 saturated heterocycles. The number of amides is 1. The van der Waals surface area contributed by atoms with E-state index in [-0.39, 0.29) is 11.3 Å². The molecule has 1 atom stereocenters. The van der Waals surface area contributed by atoms with Crippen LogP contribution in [0.1, 0.15) is 30.2 Å². The third kappa shape index (κ3) is 4.19. The zero-order chi connectivity index (χ0) is 21.3. The van der Waals surface area contributed by atoms with Gasteiger partial charge in [0.1, 0.15) is 11.5 Å². The lowest BCUT2D eigenvalue weighted by molar-refractivity contribution is -0.141. The number of fused-ring (bicyclic) bond motifs is 1. The van der Waals surface area contributed by atoms with Crippen LogP contribution in [0.25, 0.3) is 0 Å². The Labute approximate surface area is 183 Å². The first-order valence-corrected chi connectivity index (χ1v) is 10.9. The van der Waals surface area contributed by atoms with E-state index >= 15 is 0 Å². The van der Waals surface area contributed by atoms with Crippen molar-refractivity contribution in [3.8, 4) is 11.5 Å². The molecule has 3 aromatic rings. The highest BCUT2D eigenvalue weighted by atomic mass is 16.5. The quantitative estimate of drug-likeness (QED) is 0.612. The van der Waals surface area contributed by atoms with Gasteiger partial charge in [0, 0.05) is 25.8 Å². The van der Waals surface area contributed by atoms with Crippen LogP contribution in [-0.4, -0.2) is 33.8 Å². The summed E-state index contributed by atoms with van der Waals surface area (Å²) in [6.07, 6.45) is 2.69. The monoisotopic (exact) mass is 413 g/mol. The molecule has 3 heterocycles. The molecule has 158 valence electrons. The number of hydrogen-bond acceptors (Lipinski definition) is 4. The van der Waals surface area contributed by atoms with Crippen LogP contribution in [0.4, 0.5) is 0 Å². The highest BCUT2D eigenvalue weighted by Crippen LogP contribution is 2.35.